The van der Waals surface area contributed by atoms with E-state index in [-0.39, 0.29) is 5.29 Å². The average Bonchev–Trinajstić information content (AvgIpc) is 2.28. The van der Waals surface area contributed by atoms with Crippen LogP contribution in [0.1, 0.15) is 19.4 Å². The molecule has 1 aromatic carbocycles. The van der Waals surface area contributed by atoms with Gasteiger partial charge in [0.15, 0.2) is 0 Å². The molecule has 0 spiro atoms. The third-order valence-corrected chi connectivity index (χ3v) is 2.04. The minimum absolute atomic E-state index is 0.220. The molecule has 0 saturated carbocycles. The fraction of sp³-hybridized carbons (Fsp3) is 0.154. The van der Waals surface area contributed by atoms with Gasteiger partial charge in [-0.2, -0.15) is 5.26 Å². The van der Waals surface area contributed by atoms with Gasteiger partial charge in [-0.05, 0) is 49.7 Å². The number of nitriles is 1. The monoisotopic (exact) mass is 260 g/mol. The van der Waals surface area contributed by atoms with Crippen LogP contribution < -0.4 is 5.32 Å². The minimum Gasteiger partial charge on any atom is -0.335 e. The fourth-order valence-electron chi connectivity index (χ4n) is 1.17. The van der Waals surface area contributed by atoms with Gasteiger partial charge in [-0.15, -0.1) is 0 Å². The summed E-state index contributed by atoms with van der Waals surface area (Å²) >= 11 is 5.84. The molecule has 0 unspecified atom stereocenters. The van der Waals surface area contributed by atoms with Gasteiger partial charge in [-0.1, -0.05) is 6.58 Å². The van der Waals surface area contributed by atoms with Crippen LogP contribution in [0.5, 0.6) is 0 Å². The van der Waals surface area contributed by atoms with E-state index in [1.807, 2.05) is 6.07 Å². The van der Waals surface area contributed by atoms with E-state index in [1.165, 1.54) is 0 Å². The van der Waals surface area contributed by atoms with E-state index in [9.17, 15) is 0 Å². The second kappa shape index (κ2) is 6.58. The number of nitrogens with one attached hydrogen (secondary N) is 1. The first-order valence-corrected chi connectivity index (χ1v) is 5.61. The lowest BCUT2D eigenvalue weighted by Gasteiger charge is -2.01. The van der Waals surface area contributed by atoms with Crippen LogP contribution in [0.2, 0.25) is 0 Å². The maximum Gasteiger partial charge on any atom is 0.201 e. The lowest BCUT2D eigenvalue weighted by Crippen LogP contribution is -2.15. The first kappa shape index (κ1) is 13.9. The maximum atomic E-state index is 8.67. The van der Waals surface area contributed by atoms with Crippen molar-refractivity contribution in [3.05, 3.63) is 42.1 Å². The van der Waals surface area contributed by atoms with Gasteiger partial charge < -0.3 is 5.32 Å². The number of aliphatic imine (C=N–C) groups is 2. The van der Waals surface area contributed by atoms with Gasteiger partial charge in [0.05, 0.1) is 17.3 Å². The zero-order valence-corrected chi connectivity index (χ0v) is 11.0. The Morgan fingerprint density at radius 2 is 1.94 bits per heavy atom. The minimum atomic E-state index is 0.220. The molecule has 0 fully saturated rings. The molecule has 0 radical (unpaired) electrons. The molecule has 1 N–H and O–H groups in total. The van der Waals surface area contributed by atoms with Crippen molar-refractivity contribution in [1.82, 2.24) is 5.32 Å². The molecule has 0 atom stereocenters. The predicted octanol–water partition coefficient (Wildman–Crippen LogP) is 3.33. The zero-order valence-electron chi connectivity index (χ0n) is 10.2. The standard InChI is InChI=1S/C13H13ClN4/c1-9(2)16-13(14)18-10(3)17-12-6-4-11(8-15)5-7-12/h4-7H,1H2,2-3H3,(H,16,17,18). The highest BCUT2D eigenvalue weighted by Gasteiger charge is 1.96. The van der Waals surface area contributed by atoms with Gasteiger partial charge in [-0.25, -0.2) is 9.98 Å². The number of nitrogens with zero attached hydrogens (tertiary/aromatic N) is 3. The van der Waals surface area contributed by atoms with Crippen molar-refractivity contribution in [1.29, 1.82) is 5.26 Å². The smallest absolute Gasteiger partial charge is 0.201 e. The van der Waals surface area contributed by atoms with E-state index >= 15 is 0 Å². The number of rotatable bonds is 2. The Hall–Kier alpha value is -2.12. The quantitative estimate of drug-likeness (QED) is 0.504. The van der Waals surface area contributed by atoms with Crippen molar-refractivity contribution in [3.8, 4) is 6.07 Å². The van der Waals surface area contributed by atoms with Crippen LogP contribution in [-0.2, 0) is 0 Å². The van der Waals surface area contributed by atoms with Gasteiger partial charge in [0.25, 0.3) is 0 Å². The van der Waals surface area contributed by atoms with Crippen molar-refractivity contribution < 1.29 is 0 Å². The van der Waals surface area contributed by atoms with Crippen LogP contribution in [-0.4, -0.2) is 11.1 Å². The summed E-state index contributed by atoms with van der Waals surface area (Å²) in [6.07, 6.45) is 0. The summed E-state index contributed by atoms with van der Waals surface area (Å²) in [6.45, 7) is 7.18. The normalized spacial score (nSPS) is 11.9. The molecule has 0 aromatic heterocycles. The highest BCUT2D eigenvalue weighted by molar-refractivity contribution is 6.65. The lowest BCUT2D eigenvalue weighted by molar-refractivity contribution is 1.15. The largest absolute Gasteiger partial charge is 0.335 e. The van der Waals surface area contributed by atoms with Gasteiger partial charge in [0.2, 0.25) is 5.29 Å². The van der Waals surface area contributed by atoms with Gasteiger partial charge in [0.1, 0.15) is 5.84 Å². The summed E-state index contributed by atoms with van der Waals surface area (Å²) in [6, 6.07) is 8.94. The Morgan fingerprint density at radius 3 is 2.44 bits per heavy atom. The van der Waals surface area contributed by atoms with E-state index < -0.39 is 0 Å². The van der Waals surface area contributed by atoms with E-state index in [1.54, 1.807) is 38.1 Å². The predicted molar refractivity (Wildman–Crippen MR) is 75.2 cm³/mol. The molecule has 92 valence electrons. The van der Waals surface area contributed by atoms with Crippen LogP contribution >= 0.6 is 11.6 Å². The van der Waals surface area contributed by atoms with Crippen LogP contribution in [0.4, 0.5) is 5.69 Å². The van der Waals surface area contributed by atoms with Crippen molar-refractivity contribution >= 4 is 28.4 Å². The molecule has 5 heteroatoms. The van der Waals surface area contributed by atoms with Crippen molar-refractivity contribution in [2.75, 3.05) is 0 Å². The number of hydrogen-bond acceptors (Lipinski definition) is 2. The van der Waals surface area contributed by atoms with Gasteiger partial charge in [0, 0.05) is 5.70 Å². The third kappa shape index (κ3) is 4.81. The highest BCUT2D eigenvalue weighted by Crippen LogP contribution is 2.13. The van der Waals surface area contributed by atoms with Gasteiger partial charge >= 0.3 is 0 Å². The Kier molecular flexibility index (Phi) is 5.09. The third-order valence-electron chi connectivity index (χ3n) is 1.86. The molecule has 4 nitrogen and oxygen atoms in total. The topological polar surface area (TPSA) is 60.5 Å². The summed E-state index contributed by atoms with van der Waals surface area (Å²) in [5.74, 6) is 0.512. The summed E-state index contributed by atoms with van der Waals surface area (Å²) in [7, 11) is 0. The van der Waals surface area contributed by atoms with E-state index in [2.05, 4.69) is 21.9 Å². The van der Waals surface area contributed by atoms with E-state index in [4.69, 9.17) is 16.9 Å². The summed E-state index contributed by atoms with van der Waals surface area (Å²) < 4.78 is 0. The average molecular weight is 261 g/mol. The molecular weight excluding hydrogens is 248 g/mol. The summed E-state index contributed by atoms with van der Waals surface area (Å²) in [4.78, 5) is 8.30. The highest BCUT2D eigenvalue weighted by atomic mass is 35.5. The van der Waals surface area contributed by atoms with E-state index in [0.717, 1.165) is 5.69 Å². The lowest BCUT2D eigenvalue weighted by atomic mass is 10.2. The van der Waals surface area contributed by atoms with E-state index in [0.29, 0.717) is 17.1 Å². The molecule has 0 aliphatic heterocycles. The zero-order chi connectivity index (χ0) is 13.5. The fourth-order valence-corrected chi connectivity index (χ4v) is 1.45. The van der Waals surface area contributed by atoms with Crippen LogP contribution in [0.15, 0.2) is 46.5 Å². The van der Waals surface area contributed by atoms with Crippen molar-refractivity contribution in [2.45, 2.75) is 13.8 Å². The molecule has 0 amide bonds. The SMILES string of the molecule is C=C(C)NC(Cl)=NC(C)=Nc1ccc(C#N)cc1. The van der Waals surface area contributed by atoms with Crippen LogP contribution in [0, 0.1) is 11.3 Å². The second-order valence-corrected chi connectivity index (χ2v) is 3.98. The molecule has 1 aromatic rings. The molecule has 0 saturated heterocycles. The maximum absolute atomic E-state index is 8.67. The Balaban J connectivity index is 2.82. The molecule has 1 rings (SSSR count). The first-order valence-electron chi connectivity index (χ1n) is 5.23. The number of benzene rings is 1. The Labute approximate surface area is 111 Å². The van der Waals surface area contributed by atoms with Crippen LogP contribution in [0.3, 0.4) is 0 Å². The van der Waals surface area contributed by atoms with Crippen LogP contribution in [0.25, 0.3) is 0 Å². The summed E-state index contributed by atoms with van der Waals surface area (Å²) in [5, 5.41) is 11.7. The van der Waals surface area contributed by atoms with Crippen molar-refractivity contribution in [2.24, 2.45) is 9.98 Å². The Bertz CT molecular complexity index is 535. The number of allylic oxidation sites excluding steroid dienone is 1. The molecule has 0 bridgehead atoms. The number of hydrogen-bond donors (Lipinski definition) is 1. The molecular formula is C13H13ClN4. The summed E-state index contributed by atoms with van der Waals surface area (Å²) in [5.41, 5.74) is 2.02. The van der Waals surface area contributed by atoms with Gasteiger partial charge in [-0.3, -0.25) is 0 Å². The molecule has 0 heterocycles. The second-order valence-electron chi connectivity index (χ2n) is 3.63. The first-order chi connectivity index (χ1) is 8.51. The number of halogens is 1. The Morgan fingerprint density at radius 1 is 1.33 bits per heavy atom. The molecule has 18 heavy (non-hydrogen) atoms. The van der Waals surface area contributed by atoms with Crippen molar-refractivity contribution in [3.63, 3.8) is 0 Å². The molecule has 0 aliphatic carbocycles. The number of amidine groups is 2. The molecule has 0 aliphatic rings.